The van der Waals surface area contributed by atoms with Gasteiger partial charge in [-0.25, -0.2) is 5.43 Å². The van der Waals surface area contributed by atoms with Gasteiger partial charge in [0.05, 0.1) is 26.0 Å². The third-order valence-corrected chi connectivity index (χ3v) is 3.80. The number of rotatable bonds is 9. The van der Waals surface area contributed by atoms with Gasteiger partial charge in [-0.1, -0.05) is 0 Å². The van der Waals surface area contributed by atoms with Crippen molar-refractivity contribution in [1.82, 2.24) is 5.43 Å². The number of amides is 1. The molecule has 0 unspecified atom stereocenters. The van der Waals surface area contributed by atoms with Gasteiger partial charge in [-0.3, -0.25) is 4.79 Å². The van der Waals surface area contributed by atoms with Crippen LogP contribution in [0.2, 0.25) is 0 Å². The molecule has 1 amide bonds. The smallest absolute Gasteiger partial charge is 0.259 e. The van der Waals surface area contributed by atoms with Crippen molar-refractivity contribution in [2.45, 2.75) is 13.8 Å². The second-order valence-corrected chi connectivity index (χ2v) is 5.79. The number of hydrogen-bond acceptors (Lipinski definition) is 7. The van der Waals surface area contributed by atoms with Crippen molar-refractivity contribution in [3.05, 3.63) is 42.0 Å². The first kappa shape index (κ1) is 19.3. The molecule has 0 saturated carbocycles. The van der Waals surface area contributed by atoms with Crippen LogP contribution in [0, 0.1) is 0 Å². The summed E-state index contributed by atoms with van der Waals surface area (Å²) in [4.78, 5) is 12.0. The maximum absolute atomic E-state index is 12.0. The zero-order valence-corrected chi connectivity index (χ0v) is 15.9. The molecule has 28 heavy (non-hydrogen) atoms. The molecule has 0 radical (unpaired) electrons. The number of carbonyl (C=O) groups excluding carboxylic acids is 1. The highest BCUT2D eigenvalue weighted by Gasteiger charge is 2.13. The molecule has 0 atom stereocenters. The van der Waals surface area contributed by atoms with Crippen LogP contribution >= 0.6 is 0 Å². The summed E-state index contributed by atoms with van der Waals surface area (Å²) in [7, 11) is 0. The first-order valence-electron chi connectivity index (χ1n) is 9.04. The standard InChI is InChI=1S/C20H23N3O5/c1-3-25-16-7-5-14(9-18(16)26-4-2)11-22-23-20(24)12-21-15-6-8-17-19(10-15)28-13-27-17/h5-11,21H,3-4,12-13H2,1-2H3,(H,23,24)/b22-11+. The van der Waals surface area contributed by atoms with Gasteiger partial charge in [0.25, 0.3) is 5.91 Å². The molecule has 3 rings (SSSR count). The fourth-order valence-electron chi connectivity index (χ4n) is 2.56. The first-order chi connectivity index (χ1) is 13.7. The zero-order chi connectivity index (χ0) is 19.8. The topological polar surface area (TPSA) is 90.4 Å². The fourth-order valence-corrected chi connectivity index (χ4v) is 2.56. The fraction of sp³-hybridized carbons (Fsp3) is 0.300. The van der Waals surface area contributed by atoms with E-state index in [0.29, 0.717) is 36.2 Å². The van der Waals surface area contributed by atoms with Crippen LogP contribution in [0.1, 0.15) is 19.4 Å². The average molecular weight is 385 g/mol. The van der Waals surface area contributed by atoms with Crippen LogP contribution in [0.3, 0.4) is 0 Å². The second kappa shape index (κ2) is 9.50. The van der Waals surface area contributed by atoms with Crippen LogP contribution in [-0.2, 0) is 4.79 Å². The minimum atomic E-state index is -0.273. The van der Waals surface area contributed by atoms with Crippen molar-refractivity contribution in [3.63, 3.8) is 0 Å². The lowest BCUT2D eigenvalue weighted by molar-refractivity contribution is -0.119. The molecular formula is C20H23N3O5. The van der Waals surface area contributed by atoms with Crippen LogP contribution in [0.25, 0.3) is 0 Å². The van der Waals surface area contributed by atoms with Crippen molar-refractivity contribution in [2.24, 2.45) is 5.10 Å². The van der Waals surface area contributed by atoms with Crippen molar-refractivity contribution >= 4 is 17.8 Å². The Balaban J connectivity index is 1.51. The monoisotopic (exact) mass is 385 g/mol. The van der Waals surface area contributed by atoms with Crippen LogP contribution in [0.15, 0.2) is 41.5 Å². The number of anilines is 1. The van der Waals surface area contributed by atoms with E-state index in [9.17, 15) is 4.79 Å². The molecule has 2 aromatic carbocycles. The normalized spacial score (nSPS) is 12.1. The Bertz CT molecular complexity index is 854. The van der Waals surface area contributed by atoms with Gasteiger partial charge in [0.15, 0.2) is 23.0 Å². The van der Waals surface area contributed by atoms with E-state index in [4.69, 9.17) is 18.9 Å². The number of carbonyl (C=O) groups is 1. The summed E-state index contributed by atoms with van der Waals surface area (Å²) in [6, 6.07) is 10.9. The highest BCUT2D eigenvalue weighted by molar-refractivity contribution is 5.85. The van der Waals surface area contributed by atoms with Gasteiger partial charge in [0, 0.05) is 11.8 Å². The number of nitrogens with one attached hydrogen (secondary N) is 2. The Morgan fingerprint density at radius 2 is 1.86 bits per heavy atom. The van der Waals surface area contributed by atoms with Crippen molar-refractivity contribution in [1.29, 1.82) is 0 Å². The number of nitrogens with zero attached hydrogens (tertiary/aromatic N) is 1. The second-order valence-electron chi connectivity index (χ2n) is 5.79. The molecule has 1 aliphatic rings. The first-order valence-corrected chi connectivity index (χ1v) is 9.04. The zero-order valence-electron chi connectivity index (χ0n) is 15.9. The van der Waals surface area contributed by atoms with Crippen LogP contribution in [0.4, 0.5) is 5.69 Å². The minimum absolute atomic E-state index is 0.0739. The molecule has 0 spiro atoms. The van der Waals surface area contributed by atoms with E-state index >= 15 is 0 Å². The molecule has 0 saturated heterocycles. The quantitative estimate of drug-likeness (QED) is 0.510. The van der Waals surface area contributed by atoms with E-state index in [0.717, 1.165) is 11.3 Å². The number of fused-ring (bicyclic) bond motifs is 1. The summed E-state index contributed by atoms with van der Waals surface area (Å²) in [5.41, 5.74) is 4.03. The highest BCUT2D eigenvalue weighted by atomic mass is 16.7. The van der Waals surface area contributed by atoms with Gasteiger partial charge in [-0.05, 0) is 49.7 Å². The lowest BCUT2D eigenvalue weighted by atomic mass is 10.2. The van der Waals surface area contributed by atoms with E-state index < -0.39 is 0 Å². The molecule has 1 heterocycles. The maximum Gasteiger partial charge on any atom is 0.259 e. The van der Waals surface area contributed by atoms with E-state index in [-0.39, 0.29) is 19.2 Å². The largest absolute Gasteiger partial charge is 0.490 e. The van der Waals surface area contributed by atoms with E-state index in [1.54, 1.807) is 18.3 Å². The molecule has 2 N–H and O–H groups in total. The molecule has 1 aliphatic heterocycles. The Labute approximate surface area is 163 Å². The lowest BCUT2D eigenvalue weighted by Gasteiger charge is -2.11. The number of ether oxygens (including phenoxy) is 4. The summed E-state index contributed by atoms with van der Waals surface area (Å²) in [6.07, 6.45) is 1.55. The number of hydrogen-bond donors (Lipinski definition) is 2. The van der Waals surface area contributed by atoms with Crippen molar-refractivity contribution in [3.8, 4) is 23.0 Å². The molecule has 148 valence electrons. The van der Waals surface area contributed by atoms with Crippen LogP contribution < -0.4 is 29.7 Å². The maximum atomic E-state index is 12.0. The summed E-state index contributed by atoms with van der Waals surface area (Å²) in [6.45, 7) is 5.19. The Morgan fingerprint density at radius 3 is 2.68 bits per heavy atom. The molecular weight excluding hydrogens is 362 g/mol. The van der Waals surface area contributed by atoms with Gasteiger partial charge in [-0.2, -0.15) is 5.10 Å². The van der Waals surface area contributed by atoms with Crippen LogP contribution in [-0.4, -0.2) is 38.7 Å². The van der Waals surface area contributed by atoms with E-state index in [2.05, 4.69) is 15.8 Å². The molecule has 8 nitrogen and oxygen atoms in total. The number of hydrazone groups is 1. The highest BCUT2D eigenvalue weighted by Crippen LogP contribution is 2.34. The van der Waals surface area contributed by atoms with Crippen molar-refractivity contribution < 1.29 is 23.7 Å². The summed E-state index contributed by atoms with van der Waals surface area (Å²) in [5.74, 6) is 2.40. The van der Waals surface area contributed by atoms with E-state index in [1.807, 2.05) is 38.1 Å². The third kappa shape index (κ3) is 5.06. The molecule has 0 bridgehead atoms. The molecule has 8 heteroatoms. The molecule has 0 aliphatic carbocycles. The molecule has 0 aromatic heterocycles. The Kier molecular flexibility index (Phi) is 6.56. The number of benzene rings is 2. The van der Waals surface area contributed by atoms with Gasteiger partial charge in [0.2, 0.25) is 6.79 Å². The van der Waals surface area contributed by atoms with Crippen LogP contribution in [0.5, 0.6) is 23.0 Å². The molecule has 2 aromatic rings. The predicted molar refractivity (Wildman–Crippen MR) is 106 cm³/mol. The lowest BCUT2D eigenvalue weighted by Crippen LogP contribution is -2.25. The van der Waals surface area contributed by atoms with Gasteiger partial charge < -0.3 is 24.3 Å². The summed E-state index contributed by atoms with van der Waals surface area (Å²) >= 11 is 0. The molecule has 0 fully saturated rings. The summed E-state index contributed by atoms with van der Waals surface area (Å²) < 4.78 is 21.7. The minimum Gasteiger partial charge on any atom is -0.490 e. The predicted octanol–water partition coefficient (Wildman–Crippen LogP) is 2.77. The van der Waals surface area contributed by atoms with Crippen molar-refractivity contribution in [2.75, 3.05) is 31.9 Å². The Morgan fingerprint density at radius 1 is 1.07 bits per heavy atom. The SMILES string of the molecule is CCOc1ccc(/C=N/NC(=O)CNc2ccc3c(c2)OCO3)cc1OCC. The Hall–Kier alpha value is -3.42. The third-order valence-electron chi connectivity index (χ3n) is 3.80. The van der Waals surface area contributed by atoms with Gasteiger partial charge in [-0.15, -0.1) is 0 Å². The van der Waals surface area contributed by atoms with Gasteiger partial charge >= 0.3 is 0 Å². The summed E-state index contributed by atoms with van der Waals surface area (Å²) in [5, 5.41) is 7.00. The average Bonchev–Trinajstić information content (AvgIpc) is 3.16. The van der Waals surface area contributed by atoms with Gasteiger partial charge in [0.1, 0.15) is 0 Å². The van der Waals surface area contributed by atoms with E-state index in [1.165, 1.54) is 0 Å².